The van der Waals surface area contributed by atoms with E-state index in [-0.39, 0.29) is 17.7 Å². The number of amides is 1. The first kappa shape index (κ1) is 27.5. The lowest BCUT2D eigenvalue weighted by Crippen LogP contribution is -2.48. The number of fused-ring (bicyclic) bond motifs is 2. The number of imidazole rings is 1. The monoisotopic (exact) mass is 551 g/mol. The van der Waals surface area contributed by atoms with Crippen molar-refractivity contribution < 1.29 is 14.3 Å². The summed E-state index contributed by atoms with van der Waals surface area (Å²) >= 11 is 6.38. The van der Waals surface area contributed by atoms with E-state index in [0.29, 0.717) is 6.61 Å². The number of hydrogen-bond acceptors (Lipinski definition) is 6. The number of allylic oxidation sites excluding steroid dienone is 2. The average molecular weight is 552 g/mol. The van der Waals surface area contributed by atoms with Crippen LogP contribution in [0.2, 0.25) is 5.02 Å². The molecular weight excluding hydrogens is 514 g/mol. The average Bonchev–Trinajstić information content (AvgIpc) is 3.64. The van der Waals surface area contributed by atoms with Gasteiger partial charge in [0.2, 0.25) is 0 Å². The van der Waals surface area contributed by atoms with Crippen molar-refractivity contribution in [2.75, 3.05) is 32.8 Å². The standard InChI is InChI=1S/C21H20ClN3O.C9H18N2O2/c1-13-20(25(2)12-24-13)21(11-26-21)18-8-15-4-3-7-23-19(15)9-14-5-6-16(22)10-17(14)18;1-9(2,3)13-8(12)11-6-4-10-5-7-11/h3-8,10,12,19,23H,9,11H2,1-2H3;10H,4-7H2,1-3H3. The molecule has 1 aromatic carbocycles. The number of aryl methyl sites for hydroxylation is 2. The second-order valence-corrected chi connectivity index (χ2v) is 11.9. The molecule has 9 heteroatoms. The Hall–Kier alpha value is -3.07. The zero-order valence-corrected chi connectivity index (χ0v) is 24.1. The molecule has 39 heavy (non-hydrogen) atoms. The van der Waals surface area contributed by atoms with Gasteiger partial charge in [0.1, 0.15) is 5.60 Å². The molecule has 3 aliphatic heterocycles. The van der Waals surface area contributed by atoms with Gasteiger partial charge in [0, 0.05) is 43.8 Å². The Balaban J connectivity index is 0.000000201. The summed E-state index contributed by atoms with van der Waals surface area (Å²) in [5, 5.41) is 7.41. The molecule has 1 aromatic heterocycles. The van der Waals surface area contributed by atoms with Gasteiger partial charge in [-0.05, 0) is 81.3 Å². The van der Waals surface area contributed by atoms with E-state index in [9.17, 15) is 4.79 Å². The van der Waals surface area contributed by atoms with Crippen LogP contribution >= 0.6 is 11.6 Å². The van der Waals surface area contributed by atoms with Gasteiger partial charge < -0.3 is 29.6 Å². The molecule has 8 nitrogen and oxygen atoms in total. The largest absolute Gasteiger partial charge is 0.444 e. The number of nitrogens with zero attached hydrogens (tertiary/aromatic N) is 3. The lowest BCUT2D eigenvalue weighted by Gasteiger charge is -2.30. The van der Waals surface area contributed by atoms with E-state index in [0.717, 1.165) is 49.0 Å². The number of aromatic nitrogens is 2. The van der Waals surface area contributed by atoms with Crippen molar-refractivity contribution in [1.82, 2.24) is 25.1 Å². The summed E-state index contributed by atoms with van der Waals surface area (Å²) in [6, 6.07) is 6.45. The summed E-state index contributed by atoms with van der Waals surface area (Å²) in [7, 11) is 2.03. The summed E-state index contributed by atoms with van der Waals surface area (Å²) in [4.78, 5) is 17.7. The first-order valence-corrected chi connectivity index (χ1v) is 13.9. The second-order valence-electron chi connectivity index (χ2n) is 11.4. The van der Waals surface area contributed by atoms with Crippen LogP contribution in [0.5, 0.6) is 0 Å². The Bertz CT molecular complexity index is 1310. The van der Waals surface area contributed by atoms with Crippen molar-refractivity contribution in [3.8, 4) is 0 Å². The Labute approximate surface area is 235 Å². The number of carbonyl (C=O) groups is 1. The van der Waals surface area contributed by atoms with Gasteiger partial charge in [-0.2, -0.15) is 0 Å². The quantitative estimate of drug-likeness (QED) is 0.535. The fourth-order valence-corrected chi connectivity index (χ4v) is 5.61. The number of epoxide rings is 1. The molecule has 208 valence electrons. The number of halogens is 1. The minimum atomic E-state index is -0.453. The molecule has 0 radical (unpaired) electrons. The van der Waals surface area contributed by atoms with E-state index in [1.165, 1.54) is 22.3 Å². The summed E-state index contributed by atoms with van der Waals surface area (Å²) < 4.78 is 13.4. The van der Waals surface area contributed by atoms with E-state index in [2.05, 4.69) is 50.5 Å². The highest BCUT2D eigenvalue weighted by atomic mass is 35.5. The van der Waals surface area contributed by atoms with Gasteiger partial charge in [0.25, 0.3) is 0 Å². The van der Waals surface area contributed by atoms with Crippen LogP contribution in [0.3, 0.4) is 0 Å². The number of dihydropyridines is 1. The van der Waals surface area contributed by atoms with E-state index >= 15 is 0 Å². The molecule has 4 aliphatic rings. The predicted octanol–water partition coefficient (Wildman–Crippen LogP) is 4.49. The van der Waals surface area contributed by atoms with Crippen LogP contribution in [-0.4, -0.2) is 65.0 Å². The molecule has 6 rings (SSSR count). The lowest BCUT2D eigenvalue weighted by atomic mass is 9.86. The molecule has 2 fully saturated rings. The molecule has 0 saturated carbocycles. The lowest BCUT2D eigenvalue weighted by molar-refractivity contribution is 0.0229. The van der Waals surface area contributed by atoms with E-state index in [1.54, 1.807) is 4.90 Å². The molecule has 1 aliphatic carbocycles. The van der Waals surface area contributed by atoms with Crippen LogP contribution in [0.1, 0.15) is 43.3 Å². The molecule has 4 heterocycles. The molecule has 2 atom stereocenters. The Morgan fingerprint density at radius 3 is 2.64 bits per heavy atom. The van der Waals surface area contributed by atoms with Gasteiger partial charge >= 0.3 is 6.09 Å². The van der Waals surface area contributed by atoms with Gasteiger partial charge in [0.05, 0.1) is 30.4 Å². The number of piperazine rings is 1. The van der Waals surface area contributed by atoms with Crippen LogP contribution in [-0.2, 0) is 28.5 Å². The fraction of sp³-hybridized carbons (Fsp3) is 0.467. The number of rotatable bonds is 2. The highest BCUT2D eigenvalue weighted by Gasteiger charge is 2.54. The van der Waals surface area contributed by atoms with Crippen molar-refractivity contribution in [2.45, 2.75) is 51.4 Å². The third-order valence-electron chi connectivity index (χ3n) is 7.32. The minimum absolute atomic E-state index is 0.200. The van der Waals surface area contributed by atoms with Crippen LogP contribution in [0, 0.1) is 6.92 Å². The number of carbonyl (C=O) groups excluding carboxylic acids is 1. The van der Waals surface area contributed by atoms with Crippen LogP contribution in [0.25, 0.3) is 5.57 Å². The first-order chi connectivity index (χ1) is 18.6. The highest BCUT2D eigenvalue weighted by molar-refractivity contribution is 6.30. The number of ether oxygens (including phenoxy) is 2. The highest BCUT2D eigenvalue weighted by Crippen LogP contribution is 2.52. The summed E-state index contributed by atoms with van der Waals surface area (Å²) in [5.74, 6) is 0. The van der Waals surface area contributed by atoms with Crippen LogP contribution in [0.4, 0.5) is 4.79 Å². The third kappa shape index (κ3) is 5.93. The first-order valence-electron chi connectivity index (χ1n) is 13.5. The second kappa shape index (κ2) is 10.8. The molecule has 2 N–H and O–H groups in total. The van der Waals surface area contributed by atoms with Gasteiger partial charge in [0.15, 0.2) is 5.60 Å². The van der Waals surface area contributed by atoms with Gasteiger partial charge in [-0.3, -0.25) is 0 Å². The fourth-order valence-electron chi connectivity index (χ4n) is 5.43. The molecule has 1 amide bonds. The van der Waals surface area contributed by atoms with Gasteiger partial charge in [-0.1, -0.05) is 23.7 Å². The maximum atomic E-state index is 11.5. The Morgan fingerprint density at radius 2 is 2.00 bits per heavy atom. The zero-order chi connectivity index (χ0) is 27.8. The smallest absolute Gasteiger partial charge is 0.410 e. The Morgan fingerprint density at radius 1 is 1.26 bits per heavy atom. The number of benzene rings is 1. The SMILES string of the molecule is CC(C)(C)OC(=O)N1CCNCC1.Cc1ncn(C)c1C1(C2=CC3=CC=CNC3Cc3ccc(Cl)cc32)CO1. The van der Waals surface area contributed by atoms with Crippen molar-refractivity contribution in [2.24, 2.45) is 7.05 Å². The van der Waals surface area contributed by atoms with Crippen molar-refractivity contribution in [1.29, 1.82) is 0 Å². The van der Waals surface area contributed by atoms with Crippen molar-refractivity contribution in [3.63, 3.8) is 0 Å². The van der Waals surface area contributed by atoms with Crippen molar-refractivity contribution >= 4 is 23.3 Å². The van der Waals surface area contributed by atoms with Crippen LogP contribution < -0.4 is 10.6 Å². The molecule has 0 bridgehead atoms. The molecule has 0 spiro atoms. The van der Waals surface area contributed by atoms with Crippen LogP contribution in [0.15, 0.2) is 54.5 Å². The zero-order valence-electron chi connectivity index (χ0n) is 23.4. The van der Waals surface area contributed by atoms with Gasteiger partial charge in [-0.25, -0.2) is 9.78 Å². The molecule has 2 aromatic rings. The molecule has 2 saturated heterocycles. The normalized spacial score (nSPS) is 23.6. The summed E-state index contributed by atoms with van der Waals surface area (Å²) in [6.07, 6.45) is 11.1. The summed E-state index contributed by atoms with van der Waals surface area (Å²) in [5.41, 5.74) is 6.18. The number of nitrogens with one attached hydrogen (secondary N) is 2. The minimum Gasteiger partial charge on any atom is -0.444 e. The predicted molar refractivity (Wildman–Crippen MR) is 154 cm³/mol. The van der Waals surface area contributed by atoms with Gasteiger partial charge in [-0.15, -0.1) is 0 Å². The van der Waals surface area contributed by atoms with E-state index < -0.39 is 5.60 Å². The maximum absolute atomic E-state index is 11.5. The Kier molecular flexibility index (Phi) is 7.64. The maximum Gasteiger partial charge on any atom is 0.410 e. The van der Waals surface area contributed by atoms with E-state index in [1.807, 2.05) is 53.3 Å². The topological polar surface area (TPSA) is 84.0 Å². The number of hydrogen-bond donors (Lipinski definition) is 2. The molecular formula is C30H38ClN5O3. The summed E-state index contributed by atoms with van der Waals surface area (Å²) in [6.45, 7) is 11.6. The third-order valence-corrected chi connectivity index (χ3v) is 7.56. The van der Waals surface area contributed by atoms with Crippen molar-refractivity contribution in [3.05, 3.63) is 82.1 Å². The van der Waals surface area contributed by atoms with E-state index in [4.69, 9.17) is 21.1 Å². The molecule has 2 unspecified atom stereocenters.